The van der Waals surface area contributed by atoms with E-state index in [9.17, 15) is 9.18 Å². The molecular weight excluding hydrogens is 357 g/mol. The molecule has 0 aliphatic carbocycles. The molecule has 5 nitrogen and oxygen atoms in total. The van der Waals surface area contributed by atoms with Crippen molar-refractivity contribution in [2.45, 2.75) is 13.2 Å². The highest BCUT2D eigenvalue weighted by molar-refractivity contribution is 7.21. The van der Waals surface area contributed by atoms with E-state index in [1.807, 2.05) is 18.2 Å². The largest absolute Gasteiger partial charge is 0.451 e. The van der Waals surface area contributed by atoms with Gasteiger partial charge in [-0.05, 0) is 24.3 Å². The third-order valence-electron chi connectivity index (χ3n) is 3.90. The van der Waals surface area contributed by atoms with Crippen LogP contribution in [0.1, 0.15) is 21.1 Å². The zero-order valence-electron chi connectivity index (χ0n) is 13.8. The first-order chi connectivity index (χ1) is 12.7. The number of oxazole rings is 1. The molecule has 132 valence electrons. The van der Waals surface area contributed by atoms with Crippen LogP contribution in [0.25, 0.3) is 21.2 Å². The van der Waals surface area contributed by atoms with Gasteiger partial charge in [-0.3, -0.25) is 0 Å². The normalized spacial score (nSPS) is 11.3. The molecule has 0 bridgehead atoms. The van der Waals surface area contributed by atoms with E-state index in [2.05, 4.69) is 4.98 Å². The summed E-state index contributed by atoms with van der Waals surface area (Å²) < 4.78 is 30.9. The smallest absolute Gasteiger partial charge is 0.349 e. The van der Waals surface area contributed by atoms with Gasteiger partial charge in [0.2, 0.25) is 5.89 Å². The van der Waals surface area contributed by atoms with Gasteiger partial charge in [-0.2, -0.15) is 0 Å². The highest BCUT2D eigenvalue weighted by Crippen LogP contribution is 2.34. The quantitative estimate of drug-likeness (QED) is 0.477. The molecule has 4 rings (SSSR count). The summed E-state index contributed by atoms with van der Waals surface area (Å²) in [5, 5.41) is 0.396. The zero-order valence-corrected chi connectivity index (χ0v) is 14.6. The molecular formula is C19H14FNO4S. The summed E-state index contributed by atoms with van der Waals surface area (Å²) in [5.74, 6) is -0.635. The van der Waals surface area contributed by atoms with Gasteiger partial charge in [-0.1, -0.05) is 18.2 Å². The summed E-state index contributed by atoms with van der Waals surface area (Å²) in [6.45, 7) is 0.0188. The fourth-order valence-corrected chi connectivity index (χ4v) is 3.90. The van der Waals surface area contributed by atoms with Crippen LogP contribution in [0.5, 0.6) is 0 Å². The van der Waals surface area contributed by atoms with Gasteiger partial charge < -0.3 is 13.9 Å². The molecule has 0 radical (unpaired) electrons. The van der Waals surface area contributed by atoms with Gasteiger partial charge in [0, 0.05) is 22.8 Å². The highest BCUT2D eigenvalue weighted by atomic mass is 32.1. The molecule has 0 amide bonds. The standard InChI is InChI=1S/C19H14FNO4S/c1-23-9-11-17-12(20)5-4-8-15(17)26-18(11)19(22)24-10-16-21-13-6-2-3-7-14(13)25-16/h2-8H,9-10H2,1H3. The van der Waals surface area contributed by atoms with Crippen molar-refractivity contribution in [1.29, 1.82) is 0 Å². The number of methoxy groups -OCH3 is 1. The van der Waals surface area contributed by atoms with E-state index in [0.717, 1.165) is 0 Å². The molecule has 0 saturated heterocycles. The molecule has 0 spiro atoms. The lowest BCUT2D eigenvalue weighted by Gasteiger charge is -2.04. The molecule has 0 unspecified atom stereocenters. The van der Waals surface area contributed by atoms with Crippen LogP contribution in [0.4, 0.5) is 4.39 Å². The topological polar surface area (TPSA) is 61.6 Å². The first kappa shape index (κ1) is 16.7. The van der Waals surface area contributed by atoms with E-state index in [-0.39, 0.29) is 19.0 Å². The Hall–Kier alpha value is -2.77. The third kappa shape index (κ3) is 2.95. The number of carbonyl (C=O) groups is 1. The predicted octanol–water partition coefficient (Wildman–Crippen LogP) is 4.69. The number of halogens is 1. The molecule has 0 aliphatic heterocycles. The van der Waals surface area contributed by atoms with Gasteiger partial charge in [0.25, 0.3) is 0 Å². The van der Waals surface area contributed by atoms with Crippen LogP contribution in [0.3, 0.4) is 0 Å². The van der Waals surface area contributed by atoms with Crippen LogP contribution in [0.15, 0.2) is 46.9 Å². The molecule has 0 saturated carbocycles. The van der Waals surface area contributed by atoms with Crippen LogP contribution in [0, 0.1) is 5.82 Å². The number of carbonyl (C=O) groups excluding carboxylic acids is 1. The SMILES string of the molecule is COCc1c(C(=O)OCc2nc3ccccc3o2)sc2cccc(F)c12. The minimum Gasteiger partial charge on any atom is -0.451 e. The Morgan fingerprint density at radius 2 is 2.04 bits per heavy atom. The van der Waals surface area contributed by atoms with Crippen molar-refractivity contribution in [2.24, 2.45) is 0 Å². The number of nitrogens with zero attached hydrogens (tertiary/aromatic N) is 1. The maximum absolute atomic E-state index is 14.2. The molecule has 0 fully saturated rings. The van der Waals surface area contributed by atoms with Gasteiger partial charge in [0.15, 0.2) is 12.2 Å². The summed E-state index contributed by atoms with van der Waals surface area (Å²) in [4.78, 5) is 17.1. The Morgan fingerprint density at radius 1 is 1.19 bits per heavy atom. The molecule has 7 heteroatoms. The van der Waals surface area contributed by atoms with Crippen LogP contribution in [-0.2, 0) is 22.7 Å². The lowest BCUT2D eigenvalue weighted by Crippen LogP contribution is -2.06. The maximum Gasteiger partial charge on any atom is 0.349 e. The highest BCUT2D eigenvalue weighted by Gasteiger charge is 2.22. The number of ether oxygens (including phenoxy) is 2. The second-order valence-electron chi connectivity index (χ2n) is 5.61. The Kier molecular flexibility index (Phi) is 4.40. The second kappa shape index (κ2) is 6.86. The van der Waals surface area contributed by atoms with E-state index in [0.29, 0.717) is 37.5 Å². The lowest BCUT2D eigenvalue weighted by atomic mass is 10.1. The Morgan fingerprint density at radius 3 is 2.85 bits per heavy atom. The monoisotopic (exact) mass is 371 g/mol. The fraction of sp³-hybridized carbons (Fsp3) is 0.158. The Bertz CT molecular complexity index is 1070. The van der Waals surface area contributed by atoms with E-state index < -0.39 is 5.97 Å². The van der Waals surface area contributed by atoms with Crippen molar-refractivity contribution in [3.05, 3.63) is 64.6 Å². The van der Waals surface area contributed by atoms with Crippen molar-refractivity contribution >= 4 is 38.5 Å². The van der Waals surface area contributed by atoms with Crippen molar-refractivity contribution in [2.75, 3.05) is 7.11 Å². The average Bonchev–Trinajstić information content (AvgIpc) is 3.22. The second-order valence-corrected chi connectivity index (χ2v) is 6.66. The van der Waals surface area contributed by atoms with Crippen molar-refractivity contribution in [3.63, 3.8) is 0 Å². The number of rotatable bonds is 5. The first-order valence-electron chi connectivity index (χ1n) is 7.88. The molecule has 2 aromatic carbocycles. The molecule has 0 aliphatic rings. The number of aromatic nitrogens is 1. The van der Waals surface area contributed by atoms with Gasteiger partial charge >= 0.3 is 5.97 Å². The van der Waals surface area contributed by atoms with Gasteiger partial charge in [-0.25, -0.2) is 14.2 Å². The van der Waals surface area contributed by atoms with Gasteiger partial charge in [0.1, 0.15) is 16.2 Å². The van der Waals surface area contributed by atoms with Gasteiger partial charge in [-0.15, -0.1) is 11.3 Å². The number of para-hydroxylation sites is 2. The number of esters is 1. The number of thiophene rings is 1. The molecule has 2 aromatic heterocycles. The van der Waals surface area contributed by atoms with Crippen molar-refractivity contribution < 1.29 is 23.1 Å². The lowest BCUT2D eigenvalue weighted by molar-refractivity contribution is 0.0442. The van der Waals surface area contributed by atoms with E-state index in [1.165, 1.54) is 24.5 Å². The van der Waals surface area contributed by atoms with E-state index in [1.54, 1.807) is 18.2 Å². The average molecular weight is 371 g/mol. The van der Waals surface area contributed by atoms with Crippen molar-refractivity contribution in [3.8, 4) is 0 Å². The summed E-state index contributed by atoms with van der Waals surface area (Å²) in [6.07, 6.45) is 0. The number of hydrogen-bond acceptors (Lipinski definition) is 6. The zero-order chi connectivity index (χ0) is 18.1. The Labute approximate surface area is 152 Å². The van der Waals surface area contributed by atoms with Crippen LogP contribution >= 0.6 is 11.3 Å². The molecule has 0 N–H and O–H groups in total. The third-order valence-corrected chi connectivity index (χ3v) is 5.08. The fourth-order valence-electron chi connectivity index (χ4n) is 2.79. The van der Waals surface area contributed by atoms with Crippen LogP contribution in [0.2, 0.25) is 0 Å². The van der Waals surface area contributed by atoms with Crippen LogP contribution < -0.4 is 0 Å². The molecule has 0 atom stereocenters. The molecule has 2 heterocycles. The maximum atomic E-state index is 14.2. The van der Waals surface area contributed by atoms with Crippen molar-refractivity contribution in [1.82, 2.24) is 4.98 Å². The Balaban J connectivity index is 1.61. The van der Waals surface area contributed by atoms with Gasteiger partial charge in [0.05, 0.1) is 6.61 Å². The number of fused-ring (bicyclic) bond motifs is 2. The first-order valence-corrected chi connectivity index (χ1v) is 8.69. The van der Waals surface area contributed by atoms with E-state index in [4.69, 9.17) is 13.9 Å². The minimum absolute atomic E-state index is 0.101. The summed E-state index contributed by atoms with van der Waals surface area (Å²) in [6, 6.07) is 12.0. The predicted molar refractivity (Wildman–Crippen MR) is 95.6 cm³/mol. The minimum atomic E-state index is -0.556. The molecule has 26 heavy (non-hydrogen) atoms. The molecule has 4 aromatic rings. The number of hydrogen-bond donors (Lipinski definition) is 0. The van der Waals surface area contributed by atoms with E-state index >= 15 is 0 Å². The summed E-state index contributed by atoms with van der Waals surface area (Å²) in [7, 11) is 1.50. The summed E-state index contributed by atoms with van der Waals surface area (Å²) >= 11 is 1.18. The van der Waals surface area contributed by atoms with Crippen LogP contribution in [-0.4, -0.2) is 18.1 Å². The number of benzene rings is 2. The summed E-state index contributed by atoms with van der Waals surface area (Å²) in [5.41, 5.74) is 1.82.